The minimum absolute atomic E-state index is 0.378. The van der Waals surface area contributed by atoms with E-state index in [1.807, 2.05) is 11.8 Å². The fourth-order valence-corrected chi connectivity index (χ4v) is 7.11. The third-order valence-electron chi connectivity index (χ3n) is 9.79. The molecule has 0 aromatic heterocycles. The number of aryl methyl sites for hydroxylation is 1. The van der Waals surface area contributed by atoms with Crippen molar-refractivity contribution in [2.24, 2.45) is 10.9 Å². The molecule has 2 heterocycles. The van der Waals surface area contributed by atoms with Gasteiger partial charge in [-0.3, -0.25) is 9.89 Å². The van der Waals surface area contributed by atoms with E-state index in [4.69, 9.17) is 4.99 Å². The lowest BCUT2D eigenvalue weighted by molar-refractivity contribution is 0.132. The maximum atomic E-state index is 5.49. The molecule has 42 heavy (non-hydrogen) atoms. The van der Waals surface area contributed by atoms with Crippen molar-refractivity contribution in [1.29, 1.82) is 0 Å². The van der Waals surface area contributed by atoms with Crippen LogP contribution in [0.3, 0.4) is 0 Å². The second-order valence-electron chi connectivity index (χ2n) is 12.6. The Bertz CT molecular complexity index is 1290. The number of thioether (sulfide) groups is 1. The maximum Gasteiger partial charge on any atom is 0.0708 e. The summed E-state index contributed by atoms with van der Waals surface area (Å²) in [6, 6.07) is 7.64. The molecule has 4 rings (SSSR count). The molecule has 2 aliphatic heterocycles. The fourth-order valence-electron chi connectivity index (χ4n) is 6.05. The minimum atomic E-state index is 0.378. The molecule has 0 radical (unpaired) electrons. The standard InChI is InChI=1S/C38H55N3S/c1-9-27(4)31(8)42-38-25-33(18-17-29(38)6)37(24-30(7)32-14-12-15-32)39-36(28(5)10-2)20-19-34(11-3)41-23-22-40-21-13-16-35(40)26-41/h11,17-20,24-25,28,35H,9-10,12-16,21-23,26H2,1-8H3/b20-19-,31-27+,34-11+,37-24-,39-36-. The molecule has 2 unspecified atom stereocenters. The Balaban J connectivity index is 1.70. The molecular weight excluding hydrogens is 531 g/mol. The first-order chi connectivity index (χ1) is 20.2. The average Bonchev–Trinajstić information content (AvgIpc) is 3.43. The van der Waals surface area contributed by atoms with Gasteiger partial charge in [-0.1, -0.05) is 61.9 Å². The lowest BCUT2D eigenvalue weighted by Crippen LogP contribution is -2.49. The van der Waals surface area contributed by atoms with Gasteiger partial charge in [-0.15, -0.1) is 0 Å². The number of benzene rings is 1. The zero-order chi connectivity index (χ0) is 30.2. The van der Waals surface area contributed by atoms with E-state index in [1.54, 1.807) is 5.57 Å². The van der Waals surface area contributed by atoms with Crippen LogP contribution in [-0.2, 0) is 0 Å². The summed E-state index contributed by atoms with van der Waals surface area (Å²) in [5, 5.41) is 0. The van der Waals surface area contributed by atoms with Gasteiger partial charge in [0, 0.05) is 47.5 Å². The van der Waals surface area contributed by atoms with E-state index >= 15 is 0 Å². The van der Waals surface area contributed by atoms with Crippen LogP contribution in [0.2, 0.25) is 0 Å². The maximum absolute atomic E-state index is 5.49. The molecule has 1 aliphatic carbocycles. The molecule has 3 aliphatic rings. The van der Waals surface area contributed by atoms with Crippen LogP contribution < -0.4 is 0 Å². The number of hydrogen-bond donors (Lipinski definition) is 0. The van der Waals surface area contributed by atoms with Crippen LogP contribution in [0.15, 0.2) is 79.7 Å². The Kier molecular flexibility index (Phi) is 12.0. The van der Waals surface area contributed by atoms with Gasteiger partial charge in [0.25, 0.3) is 0 Å². The van der Waals surface area contributed by atoms with E-state index in [2.05, 4.69) is 108 Å². The van der Waals surface area contributed by atoms with Crippen LogP contribution in [0.4, 0.5) is 0 Å². The first kappa shape index (κ1) is 32.6. The number of allylic oxidation sites excluding steroid dienone is 8. The molecule has 0 bridgehead atoms. The van der Waals surface area contributed by atoms with Gasteiger partial charge < -0.3 is 4.90 Å². The smallest absolute Gasteiger partial charge is 0.0708 e. The van der Waals surface area contributed by atoms with Gasteiger partial charge in [0.05, 0.1) is 5.70 Å². The summed E-state index contributed by atoms with van der Waals surface area (Å²) in [7, 11) is 0. The van der Waals surface area contributed by atoms with Crippen LogP contribution in [0.1, 0.15) is 105 Å². The van der Waals surface area contributed by atoms with Crippen molar-refractivity contribution in [3.8, 4) is 0 Å². The van der Waals surface area contributed by atoms with Gasteiger partial charge in [-0.05, 0) is 132 Å². The highest BCUT2D eigenvalue weighted by Gasteiger charge is 2.30. The van der Waals surface area contributed by atoms with Gasteiger partial charge in [0.1, 0.15) is 0 Å². The summed E-state index contributed by atoms with van der Waals surface area (Å²) < 4.78 is 0. The molecular formula is C38H55N3S. The second kappa shape index (κ2) is 15.4. The number of rotatable bonds is 11. The quantitative estimate of drug-likeness (QED) is 0.146. The molecule has 3 nitrogen and oxygen atoms in total. The topological polar surface area (TPSA) is 18.8 Å². The van der Waals surface area contributed by atoms with Crippen molar-refractivity contribution in [2.45, 2.75) is 111 Å². The number of piperazine rings is 1. The molecule has 4 heteroatoms. The molecule has 228 valence electrons. The lowest BCUT2D eigenvalue weighted by Gasteiger charge is -2.39. The predicted molar refractivity (Wildman–Crippen MR) is 186 cm³/mol. The van der Waals surface area contributed by atoms with Gasteiger partial charge in [0.2, 0.25) is 0 Å². The highest BCUT2D eigenvalue weighted by Crippen LogP contribution is 2.36. The number of aliphatic imine (C=N–C) groups is 1. The number of fused-ring (bicyclic) bond motifs is 1. The zero-order valence-corrected chi connectivity index (χ0v) is 28.5. The summed E-state index contributed by atoms with van der Waals surface area (Å²) in [6.07, 6.45) is 17.9. The van der Waals surface area contributed by atoms with Crippen molar-refractivity contribution in [2.75, 3.05) is 26.2 Å². The monoisotopic (exact) mass is 585 g/mol. The minimum Gasteiger partial charge on any atom is -0.369 e. The fraction of sp³-hybridized carbons (Fsp3) is 0.553. The molecule has 0 N–H and O–H groups in total. The van der Waals surface area contributed by atoms with Crippen LogP contribution in [-0.4, -0.2) is 47.7 Å². The highest BCUT2D eigenvalue weighted by atomic mass is 32.2. The van der Waals surface area contributed by atoms with E-state index in [0.717, 1.165) is 37.7 Å². The van der Waals surface area contributed by atoms with Crippen molar-refractivity contribution in [1.82, 2.24) is 9.80 Å². The van der Waals surface area contributed by atoms with E-state index in [0.29, 0.717) is 5.92 Å². The Morgan fingerprint density at radius 2 is 1.86 bits per heavy atom. The molecule has 2 atom stereocenters. The third-order valence-corrected chi connectivity index (χ3v) is 11.1. The van der Waals surface area contributed by atoms with Crippen molar-refractivity contribution in [3.05, 3.63) is 81.0 Å². The summed E-state index contributed by atoms with van der Waals surface area (Å²) in [6.45, 7) is 22.8. The summed E-state index contributed by atoms with van der Waals surface area (Å²) in [5.41, 5.74) is 10.6. The summed E-state index contributed by atoms with van der Waals surface area (Å²) >= 11 is 1.91. The molecule has 2 saturated heterocycles. The van der Waals surface area contributed by atoms with E-state index < -0.39 is 0 Å². The highest BCUT2D eigenvalue weighted by molar-refractivity contribution is 8.03. The second-order valence-corrected chi connectivity index (χ2v) is 13.9. The Hall–Kier alpha value is -2.30. The molecule has 1 saturated carbocycles. The van der Waals surface area contributed by atoms with Crippen molar-refractivity contribution < 1.29 is 0 Å². The average molecular weight is 586 g/mol. The van der Waals surface area contributed by atoms with Crippen LogP contribution in [0, 0.1) is 12.8 Å². The molecule has 3 fully saturated rings. The SMILES string of the molecule is C\C=C(/C=C\C(=N\C(=C/C(C)=C1CCC1)c1ccc(C)c(S/C(C)=C(\C)CC)c1)C(C)CC)N1CCN2CCCC2C1. The Morgan fingerprint density at radius 1 is 1.07 bits per heavy atom. The van der Waals surface area contributed by atoms with Crippen LogP contribution in [0.25, 0.3) is 5.70 Å². The van der Waals surface area contributed by atoms with Crippen LogP contribution >= 0.6 is 11.8 Å². The van der Waals surface area contributed by atoms with Crippen molar-refractivity contribution >= 4 is 23.2 Å². The van der Waals surface area contributed by atoms with Gasteiger partial charge in [-0.2, -0.15) is 0 Å². The van der Waals surface area contributed by atoms with Gasteiger partial charge >= 0.3 is 0 Å². The predicted octanol–water partition coefficient (Wildman–Crippen LogP) is 10.4. The first-order valence-electron chi connectivity index (χ1n) is 16.5. The molecule has 1 aromatic rings. The summed E-state index contributed by atoms with van der Waals surface area (Å²) in [5.74, 6) is 0.378. The van der Waals surface area contributed by atoms with Crippen molar-refractivity contribution in [3.63, 3.8) is 0 Å². The zero-order valence-electron chi connectivity index (χ0n) is 27.7. The largest absolute Gasteiger partial charge is 0.369 e. The summed E-state index contributed by atoms with van der Waals surface area (Å²) in [4.78, 5) is 13.5. The normalized spacial score (nSPS) is 21.9. The molecule has 0 spiro atoms. The number of nitrogens with zero attached hydrogens (tertiary/aromatic N) is 3. The van der Waals surface area contributed by atoms with Gasteiger partial charge in [-0.25, -0.2) is 0 Å². The van der Waals surface area contributed by atoms with E-state index in [9.17, 15) is 0 Å². The van der Waals surface area contributed by atoms with Crippen LogP contribution in [0.5, 0.6) is 0 Å². The molecule has 1 aromatic carbocycles. The molecule has 0 amide bonds. The Labute approximate surface area is 261 Å². The lowest BCUT2D eigenvalue weighted by atomic mass is 9.88. The van der Waals surface area contributed by atoms with Gasteiger partial charge in [0.15, 0.2) is 0 Å². The first-order valence-corrected chi connectivity index (χ1v) is 17.3. The number of hydrogen-bond acceptors (Lipinski definition) is 4. The third kappa shape index (κ3) is 8.20. The van der Waals surface area contributed by atoms with E-state index in [1.165, 1.54) is 88.7 Å². The van der Waals surface area contributed by atoms with E-state index in [-0.39, 0.29) is 0 Å². The Morgan fingerprint density at radius 3 is 2.52 bits per heavy atom.